The molecule has 2 aromatic rings. The first-order valence-electron chi connectivity index (χ1n) is 5.58. The molecule has 2 N–H and O–H groups in total. The van der Waals surface area contributed by atoms with Gasteiger partial charge in [-0.3, -0.25) is 0 Å². The quantitative estimate of drug-likeness (QED) is 0.786. The molecule has 5 nitrogen and oxygen atoms in total. The average Bonchev–Trinajstić information content (AvgIpc) is 2.38. The molecule has 1 aromatic heterocycles. The fraction of sp³-hybridized carbons (Fsp3) is 0.231. The minimum Gasteiger partial charge on any atom is -0.478 e. The number of carboxylic acids is 1. The van der Waals surface area contributed by atoms with Crippen molar-refractivity contribution in [1.29, 1.82) is 0 Å². The van der Waals surface area contributed by atoms with E-state index in [0.717, 1.165) is 0 Å². The summed E-state index contributed by atoms with van der Waals surface area (Å²) in [5.41, 5.74) is 0.153. The Morgan fingerprint density at radius 1 is 1.28 bits per heavy atom. The highest BCUT2D eigenvalue weighted by atomic mass is 16.5. The molecule has 0 fully saturated rings. The third kappa shape index (κ3) is 2.41. The van der Waals surface area contributed by atoms with Crippen LogP contribution in [0.25, 0.3) is 10.8 Å². The maximum atomic E-state index is 11.1. The van der Waals surface area contributed by atoms with Crippen molar-refractivity contribution >= 4 is 16.7 Å². The lowest BCUT2D eigenvalue weighted by molar-refractivity contribution is 0.0698. The molecule has 0 bridgehead atoms. The molecular formula is C13H13NO4. The molecule has 0 saturated carbocycles. The van der Waals surface area contributed by atoms with Crippen LogP contribution in [-0.2, 0) is 0 Å². The monoisotopic (exact) mass is 247 g/mol. The molecule has 0 amide bonds. The third-order valence-corrected chi connectivity index (χ3v) is 2.53. The van der Waals surface area contributed by atoms with Gasteiger partial charge in [0.05, 0.1) is 12.2 Å². The molecule has 1 aromatic carbocycles. The van der Waals surface area contributed by atoms with Crippen molar-refractivity contribution in [2.45, 2.75) is 6.42 Å². The number of ether oxygens (including phenoxy) is 1. The summed E-state index contributed by atoms with van der Waals surface area (Å²) in [7, 11) is 0. The maximum absolute atomic E-state index is 11.1. The van der Waals surface area contributed by atoms with Gasteiger partial charge >= 0.3 is 5.97 Å². The molecule has 0 aliphatic carbocycles. The highest BCUT2D eigenvalue weighted by Gasteiger charge is 2.12. The van der Waals surface area contributed by atoms with E-state index in [1.54, 1.807) is 24.3 Å². The predicted octanol–water partition coefficient (Wildman–Crippen LogP) is 1.69. The standard InChI is InChI=1S/C13H13NO4/c15-6-3-7-18-12-10-5-2-1-4-9(10)11(8-14-12)13(16)17/h1-2,4-5,8,15H,3,6-7H2,(H,16,17). The van der Waals surface area contributed by atoms with Gasteiger partial charge in [0, 0.05) is 30.0 Å². The Kier molecular flexibility index (Phi) is 3.74. The number of benzene rings is 1. The lowest BCUT2D eigenvalue weighted by atomic mass is 10.1. The van der Waals surface area contributed by atoms with Crippen LogP contribution in [0.15, 0.2) is 30.5 Å². The smallest absolute Gasteiger partial charge is 0.337 e. The molecule has 94 valence electrons. The predicted molar refractivity (Wildman–Crippen MR) is 65.9 cm³/mol. The summed E-state index contributed by atoms with van der Waals surface area (Å²) in [4.78, 5) is 15.1. The molecule has 5 heteroatoms. The number of carboxylic acid groups (broad SMARTS) is 1. The molecule has 0 saturated heterocycles. The number of aromatic carboxylic acids is 1. The fourth-order valence-electron chi connectivity index (χ4n) is 1.69. The number of rotatable bonds is 5. The second-order valence-electron chi connectivity index (χ2n) is 3.75. The van der Waals surface area contributed by atoms with E-state index in [9.17, 15) is 4.79 Å². The molecular weight excluding hydrogens is 234 g/mol. The van der Waals surface area contributed by atoms with Gasteiger partial charge in [-0.15, -0.1) is 0 Å². The summed E-state index contributed by atoms with van der Waals surface area (Å²) < 4.78 is 5.43. The first kappa shape index (κ1) is 12.3. The summed E-state index contributed by atoms with van der Waals surface area (Å²) in [5, 5.41) is 19.0. The number of fused-ring (bicyclic) bond motifs is 1. The Bertz CT molecular complexity index is 568. The van der Waals surface area contributed by atoms with Gasteiger partial charge in [0.25, 0.3) is 0 Å². The van der Waals surface area contributed by atoms with E-state index in [-0.39, 0.29) is 12.2 Å². The molecule has 0 spiro atoms. The second-order valence-corrected chi connectivity index (χ2v) is 3.75. The van der Waals surface area contributed by atoms with Crippen molar-refractivity contribution in [3.8, 4) is 5.88 Å². The van der Waals surface area contributed by atoms with Crippen LogP contribution < -0.4 is 4.74 Å². The highest BCUT2D eigenvalue weighted by molar-refractivity contribution is 6.04. The lowest BCUT2D eigenvalue weighted by Gasteiger charge is -2.09. The van der Waals surface area contributed by atoms with E-state index in [0.29, 0.717) is 29.7 Å². The van der Waals surface area contributed by atoms with Gasteiger partial charge in [0.15, 0.2) is 0 Å². The van der Waals surface area contributed by atoms with Crippen LogP contribution >= 0.6 is 0 Å². The number of aliphatic hydroxyl groups excluding tert-OH is 1. The maximum Gasteiger partial charge on any atom is 0.337 e. The van der Waals surface area contributed by atoms with Crippen molar-refractivity contribution in [3.05, 3.63) is 36.0 Å². The van der Waals surface area contributed by atoms with Crippen LogP contribution in [0.5, 0.6) is 5.88 Å². The van der Waals surface area contributed by atoms with Gasteiger partial charge in [-0.1, -0.05) is 18.2 Å². The topological polar surface area (TPSA) is 79.7 Å². The van der Waals surface area contributed by atoms with Gasteiger partial charge in [0.2, 0.25) is 5.88 Å². The molecule has 2 rings (SSSR count). The molecule has 0 radical (unpaired) electrons. The van der Waals surface area contributed by atoms with Crippen molar-refractivity contribution in [3.63, 3.8) is 0 Å². The zero-order valence-electron chi connectivity index (χ0n) is 9.67. The summed E-state index contributed by atoms with van der Waals surface area (Å²) in [6, 6.07) is 7.06. The fourth-order valence-corrected chi connectivity index (χ4v) is 1.69. The van der Waals surface area contributed by atoms with Crippen LogP contribution in [0.1, 0.15) is 16.8 Å². The number of aliphatic hydroxyl groups is 1. The molecule has 0 unspecified atom stereocenters. The molecule has 1 heterocycles. The van der Waals surface area contributed by atoms with Crippen LogP contribution in [0.2, 0.25) is 0 Å². The van der Waals surface area contributed by atoms with Crippen molar-refractivity contribution < 1.29 is 19.7 Å². The van der Waals surface area contributed by atoms with Crippen LogP contribution in [-0.4, -0.2) is 34.4 Å². The van der Waals surface area contributed by atoms with Crippen molar-refractivity contribution in [2.75, 3.05) is 13.2 Å². The van der Waals surface area contributed by atoms with Gasteiger partial charge in [0.1, 0.15) is 0 Å². The molecule has 0 aliphatic rings. The highest BCUT2D eigenvalue weighted by Crippen LogP contribution is 2.26. The summed E-state index contributed by atoms with van der Waals surface area (Å²) >= 11 is 0. The lowest BCUT2D eigenvalue weighted by Crippen LogP contribution is -2.04. The van der Waals surface area contributed by atoms with E-state index in [1.807, 2.05) is 0 Å². The molecule has 0 aliphatic heterocycles. The number of carbonyl (C=O) groups is 1. The Balaban J connectivity index is 2.44. The molecule has 0 atom stereocenters. The van der Waals surface area contributed by atoms with E-state index in [1.165, 1.54) is 6.20 Å². The average molecular weight is 247 g/mol. The third-order valence-electron chi connectivity index (χ3n) is 2.53. The number of hydrogen-bond acceptors (Lipinski definition) is 4. The Hall–Kier alpha value is -2.14. The van der Waals surface area contributed by atoms with Crippen molar-refractivity contribution in [2.24, 2.45) is 0 Å². The van der Waals surface area contributed by atoms with E-state index < -0.39 is 5.97 Å². The van der Waals surface area contributed by atoms with Crippen LogP contribution in [0.4, 0.5) is 0 Å². The SMILES string of the molecule is O=C(O)c1cnc(OCCCO)c2ccccc12. The van der Waals surface area contributed by atoms with Crippen molar-refractivity contribution in [1.82, 2.24) is 4.98 Å². The first-order chi connectivity index (χ1) is 8.74. The Labute approximate surface area is 104 Å². The summed E-state index contributed by atoms with van der Waals surface area (Å²) in [6.45, 7) is 0.394. The number of pyridine rings is 1. The summed E-state index contributed by atoms with van der Waals surface area (Å²) in [6.07, 6.45) is 1.80. The largest absolute Gasteiger partial charge is 0.478 e. The van der Waals surface area contributed by atoms with E-state index in [2.05, 4.69) is 4.98 Å². The number of nitrogens with zero attached hydrogens (tertiary/aromatic N) is 1. The first-order valence-corrected chi connectivity index (χ1v) is 5.58. The minimum absolute atomic E-state index is 0.0468. The zero-order chi connectivity index (χ0) is 13.0. The van der Waals surface area contributed by atoms with Gasteiger partial charge in [-0.2, -0.15) is 0 Å². The zero-order valence-corrected chi connectivity index (χ0v) is 9.67. The van der Waals surface area contributed by atoms with E-state index in [4.69, 9.17) is 14.9 Å². The van der Waals surface area contributed by atoms with Crippen LogP contribution in [0, 0.1) is 0 Å². The van der Waals surface area contributed by atoms with Gasteiger partial charge < -0.3 is 14.9 Å². The molecule has 18 heavy (non-hydrogen) atoms. The van der Waals surface area contributed by atoms with E-state index >= 15 is 0 Å². The number of aromatic nitrogens is 1. The second kappa shape index (κ2) is 5.46. The Morgan fingerprint density at radius 3 is 2.67 bits per heavy atom. The van der Waals surface area contributed by atoms with Gasteiger partial charge in [-0.05, 0) is 6.07 Å². The van der Waals surface area contributed by atoms with Crippen LogP contribution in [0.3, 0.4) is 0 Å². The van der Waals surface area contributed by atoms with Gasteiger partial charge in [-0.25, -0.2) is 9.78 Å². The number of hydrogen-bond donors (Lipinski definition) is 2. The summed E-state index contributed by atoms with van der Waals surface area (Å²) in [5.74, 6) is -0.621. The Morgan fingerprint density at radius 2 is 2.00 bits per heavy atom. The normalized spacial score (nSPS) is 10.5. The minimum atomic E-state index is -1.01.